The molecule has 2 aromatic heterocycles. The van der Waals surface area contributed by atoms with Crippen molar-refractivity contribution in [1.29, 1.82) is 0 Å². The summed E-state index contributed by atoms with van der Waals surface area (Å²) in [5.74, 6) is 2.43. The number of aryl methyl sites for hydroxylation is 1. The zero-order valence-corrected chi connectivity index (χ0v) is 17.6. The molecule has 0 aliphatic carbocycles. The van der Waals surface area contributed by atoms with Gasteiger partial charge in [0.15, 0.2) is 0 Å². The van der Waals surface area contributed by atoms with Gasteiger partial charge in [-0.1, -0.05) is 31.2 Å². The first-order chi connectivity index (χ1) is 15.0. The van der Waals surface area contributed by atoms with Crippen LogP contribution < -0.4 is 15.0 Å². The number of nitrogens with zero attached hydrogens (tertiary/aromatic N) is 5. The first kappa shape index (κ1) is 20.5. The van der Waals surface area contributed by atoms with E-state index >= 15 is 0 Å². The van der Waals surface area contributed by atoms with E-state index < -0.39 is 6.09 Å². The molecule has 160 valence electrons. The molecule has 1 aliphatic heterocycles. The second kappa shape index (κ2) is 8.95. The number of carbonyl (C=O) groups is 1. The van der Waals surface area contributed by atoms with Crippen LogP contribution >= 0.6 is 0 Å². The van der Waals surface area contributed by atoms with Crippen molar-refractivity contribution in [2.24, 2.45) is 0 Å². The molecule has 31 heavy (non-hydrogen) atoms. The summed E-state index contributed by atoms with van der Waals surface area (Å²) in [4.78, 5) is 31.1. The van der Waals surface area contributed by atoms with E-state index in [2.05, 4.69) is 25.3 Å². The highest BCUT2D eigenvalue weighted by Crippen LogP contribution is 2.25. The summed E-state index contributed by atoms with van der Waals surface area (Å²) in [6.07, 6.45) is 2.06. The first-order valence-corrected chi connectivity index (χ1v) is 10.2. The zero-order chi connectivity index (χ0) is 21.8. The molecule has 9 nitrogen and oxygen atoms in total. The number of nitrogens with one attached hydrogen (secondary N) is 1. The van der Waals surface area contributed by atoms with Crippen LogP contribution in [0.2, 0.25) is 0 Å². The van der Waals surface area contributed by atoms with Gasteiger partial charge in [0.2, 0.25) is 17.8 Å². The van der Waals surface area contributed by atoms with Crippen molar-refractivity contribution in [2.75, 3.05) is 16.8 Å². The summed E-state index contributed by atoms with van der Waals surface area (Å²) < 4.78 is 10.9. The van der Waals surface area contributed by atoms with Gasteiger partial charge in [0.1, 0.15) is 18.2 Å². The van der Waals surface area contributed by atoms with Crippen LogP contribution in [0, 0.1) is 6.92 Å². The highest BCUT2D eigenvalue weighted by molar-refractivity contribution is 5.88. The lowest BCUT2D eigenvalue weighted by atomic mass is 10.1. The molecule has 4 rings (SSSR count). The van der Waals surface area contributed by atoms with Crippen LogP contribution in [0.5, 0.6) is 11.6 Å². The lowest BCUT2D eigenvalue weighted by molar-refractivity contribution is 0.178. The maximum absolute atomic E-state index is 12.1. The lowest BCUT2D eigenvalue weighted by Crippen LogP contribution is -2.34. The fraction of sp³-hybridized carbons (Fsp3) is 0.318. The van der Waals surface area contributed by atoms with Crippen LogP contribution in [0.25, 0.3) is 0 Å². The lowest BCUT2D eigenvalue weighted by Gasteiger charge is -2.20. The number of anilines is 2. The highest BCUT2D eigenvalue weighted by atomic mass is 16.6. The molecule has 1 N–H and O–H groups in total. The van der Waals surface area contributed by atoms with Gasteiger partial charge in [-0.15, -0.1) is 0 Å². The molecular formula is C22H24N6O3. The molecule has 2 atom stereocenters. The van der Waals surface area contributed by atoms with Crippen molar-refractivity contribution < 1.29 is 14.3 Å². The fourth-order valence-electron chi connectivity index (χ4n) is 3.24. The monoisotopic (exact) mass is 420 g/mol. The molecule has 1 saturated heterocycles. The Hall–Kier alpha value is -3.75. The number of hydrogen-bond acceptors (Lipinski definition) is 8. The van der Waals surface area contributed by atoms with Crippen molar-refractivity contribution in [3.63, 3.8) is 0 Å². The molecular weight excluding hydrogens is 396 g/mol. The summed E-state index contributed by atoms with van der Waals surface area (Å²) in [6, 6.07) is 13.0. The van der Waals surface area contributed by atoms with E-state index in [1.807, 2.05) is 56.3 Å². The number of benzene rings is 1. The van der Waals surface area contributed by atoms with Crippen molar-refractivity contribution in [1.82, 2.24) is 19.9 Å². The Bertz CT molecular complexity index is 1040. The molecule has 1 aliphatic rings. The summed E-state index contributed by atoms with van der Waals surface area (Å²) in [5, 5.41) is 3.26. The number of aromatic nitrogens is 4. The zero-order valence-electron chi connectivity index (χ0n) is 17.6. The average molecular weight is 420 g/mol. The molecule has 1 aromatic carbocycles. The van der Waals surface area contributed by atoms with Gasteiger partial charge in [0.05, 0.1) is 12.1 Å². The predicted molar refractivity (Wildman–Crippen MR) is 115 cm³/mol. The van der Waals surface area contributed by atoms with Gasteiger partial charge >= 0.3 is 6.09 Å². The number of pyridine rings is 1. The van der Waals surface area contributed by atoms with Crippen molar-refractivity contribution in [3.8, 4) is 11.6 Å². The SMILES string of the molecule is CC[C@H]1COC(=O)N1c1nc(C)nc(N[C@@H](C)c2ccc(Oc3ccccc3)nc2)n1. The van der Waals surface area contributed by atoms with Crippen molar-refractivity contribution in [2.45, 2.75) is 39.3 Å². The Labute approximate surface area is 180 Å². The standard InChI is InChI=1S/C22H24N6O3/c1-4-17-13-30-22(29)28(17)21-26-15(3)25-20(27-21)24-14(2)16-10-11-19(23-12-16)31-18-8-6-5-7-9-18/h5-12,14,17H,4,13H2,1-3H3,(H,24,25,26,27)/t14-,17-/m0/s1. The third-order valence-corrected chi connectivity index (χ3v) is 4.95. The smallest absolute Gasteiger partial charge is 0.417 e. The van der Waals surface area contributed by atoms with Gasteiger partial charge in [-0.3, -0.25) is 0 Å². The van der Waals surface area contributed by atoms with Crippen LogP contribution in [0.1, 0.15) is 37.7 Å². The van der Waals surface area contributed by atoms with Crippen LogP contribution in [0.4, 0.5) is 16.7 Å². The molecule has 9 heteroatoms. The van der Waals surface area contributed by atoms with Crippen LogP contribution in [-0.4, -0.2) is 38.7 Å². The average Bonchev–Trinajstić information content (AvgIpc) is 3.15. The molecule has 1 fully saturated rings. The molecule has 3 heterocycles. The number of para-hydroxylation sites is 1. The van der Waals surface area contributed by atoms with E-state index in [9.17, 15) is 4.79 Å². The third kappa shape index (κ3) is 4.71. The fourth-order valence-corrected chi connectivity index (χ4v) is 3.24. The van der Waals surface area contributed by atoms with Gasteiger partial charge in [0, 0.05) is 12.3 Å². The van der Waals surface area contributed by atoms with Gasteiger partial charge < -0.3 is 14.8 Å². The second-order valence-electron chi connectivity index (χ2n) is 7.23. The van der Waals surface area contributed by atoms with E-state index in [0.717, 1.165) is 17.7 Å². The molecule has 1 amide bonds. The minimum Gasteiger partial charge on any atom is -0.447 e. The maximum atomic E-state index is 12.1. The van der Waals surface area contributed by atoms with Crippen LogP contribution in [0.3, 0.4) is 0 Å². The summed E-state index contributed by atoms with van der Waals surface area (Å²) in [6.45, 7) is 6.07. The van der Waals surface area contributed by atoms with Gasteiger partial charge in [-0.25, -0.2) is 14.7 Å². The van der Waals surface area contributed by atoms with Crippen LogP contribution in [-0.2, 0) is 4.74 Å². The molecule has 0 saturated carbocycles. The van der Waals surface area contributed by atoms with E-state index in [0.29, 0.717) is 30.2 Å². The van der Waals surface area contributed by atoms with E-state index in [1.165, 1.54) is 4.90 Å². The summed E-state index contributed by atoms with van der Waals surface area (Å²) >= 11 is 0. The number of amides is 1. The topological polar surface area (TPSA) is 102 Å². The second-order valence-corrected chi connectivity index (χ2v) is 7.23. The molecule has 3 aromatic rings. The highest BCUT2D eigenvalue weighted by Gasteiger charge is 2.35. The van der Waals surface area contributed by atoms with E-state index in [4.69, 9.17) is 9.47 Å². The summed E-state index contributed by atoms with van der Waals surface area (Å²) in [7, 11) is 0. The van der Waals surface area contributed by atoms with Gasteiger partial charge in [-0.2, -0.15) is 15.0 Å². The molecule has 0 spiro atoms. The molecule has 0 unspecified atom stereocenters. The maximum Gasteiger partial charge on any atom is 0.417 e. The minimum atomic E-state index is -0.436. The Balaban J connectivity index is 1.47. The van der Waals surface area contributed by atoms with Gasteiger partial charge in [-0.05, 0) is 38.0 Å². The quantitative estimate of drug-likeness (QED) is 0.604. The molecule has 0 bridgehead atoms. The largest absolute Gasteiger partial charge is 0.447 e. The predicted octanol–water partition coefficient (Wildman–Crippen LogP) is 4.28. The van der Waals surface area contributed by atoms with Crippen LogP contribution in [0.15, 0.2) is 48.7 Å². The normalized spacial score (nSPS) is 16.7. The third-order valence-electron chi connectivity index (χ3n) is 4.95. The number of rotatable bonds is 7. The van der Waals surface area contributed by atoms with E-state index in [-0.39, 0.29) is 12.1 Å². The van der Waals surface area contributed by atoms with Crippen molar-refractivity contribution in [3.05, 3.63) is 60.0 Å². The number of cyclic esters (lactones) is 1. The van der Waals surface area contributed by atoms with E-state index in [1.54, 1.807) is 13.1 Å². The summed E-state index contributed by atoms with van der Waals surface area (Å²) in [5.41, 5.74) is 0.937. The van der Waals surface area contributed by atoms with Crippen molar-refractivity contribution >= 4 is 18.0 Å². The Morgan fingerprint density at radius 2 is 2.00 bits per heavy atom. The number of carbonyl (C=O) groups excluding carboxylic acids is 1. The Morgan fingerprint density at radius 1 is 1.19 bits per heavy atom. The Kier molecular flexibility index (Phi) is 5.92. The Morgan fingerprint density at radius 3 is 2.71 bits per heavy atom. The number of ether oxygens (including phenoxy) is 2. The molecule has 0 radical (unpaired) electrons. The van der Waals surface area contributed by atoms with Gasteiger partial charge in [0.25, 0.3) is 0 Å². The minimum absolute atomic E-state index is 0.0825. The number of hydrogen-bond donors (Lipinski definition) is 1. The first-order valence-electron chi connectivity index (χ1n) is 10.2.